The number of hydrogen-bond donors (Lipinski definition) is 2. The summed E-state index contributed by atoms with van der Waals surface area (Å²) < 4.78 is 64.5. The fourth-order valence-corrected chi connectivity index (χ4v) is 5.85. The van der Waals surface area contributed by atoms with E-state index in [9.17, 15) is 26.4 Å². The number of hydrogen-bond acceptors (Lipinski definition) is 8. The highest BCUT2D eigenvalue weighted by Gasteiger charge is 2.25. The fourth-order valence-electron chi connectivity index (χ4n) is 3.78. The number of sulfonamides is 2. The first-order chi connectivity index (χ1) is 18.1. The van der Waals surface area contributed by atoms with Crippen molar-refractivity contribution in [1.82, 2.24) is 19.2 Å². The first kappa shape index (κ1) is 29.4. The Morgan fingerprint density at radius 1 is 0.658 bits per heavy atom. The zero-order valence-electron chi connectivity index (χ0n) is 21.3. The maximum atomic E-state index is 12.5. The van der Waals surface area contributed by atoms with Crippen molar-refractivity contribution in [1.29, 1.82) is 0 Å². The van der Waals surface area contributed by atoms with Gasteiger partial charge in [-0.3, -0.25) is 9.59 Å². The van der Waals surface area contributed by atoms with Crippen LogP contribution in [0.3, 0.4) is 0 Å². The van der Waals surface area contributed by atoms with Crippen LogP contribution in [-0.2, 0) is 29.6 Å². The number of piperazine rings is 1. The lowest BCUT2D eigenvalue weighted by atomic mass is 10.2. The van der Waals surface area contributed by atoms with E-state index in [1.807, 2.05) is 0 Å². The summed E-state index contributed by atoms with van der Waals surface area (Å²) in [7, 11) is -4.54. The van der Waals surface area contributed by atoms with Crippen molar-refractivity contribution in [2.45, 2.75) is 22.6 Å². The van der Waals surface area contributed by atoms with E-state index in [2.05, 4.69) is 9.44 Å². The highest BCUT2D eigenvalue weighted by Crippen LogP contribution is 2.16. The van der Waals surface area contributed by atoms with Crippen LogP contribution in [0, 0.1) is 0 Å². The van der Waals surface area contributed by atoms with Crippen LogP contribution in [0.4, 0.5) is 0 Å². The number of benzene rings is 2. The van der Waals surface area contributed by atoms with Crippen molar-refractivity contribution in [2.75, 3.05) is 53.5 Å². The van der Waals surface area contributed by atoms with E-state index in [1.165, 1.54) is 62.8 Å². The topological polar surface area (TPSA) is 151 Å². The third-order valence-corrected chi connectivity index (χ3v) is 8.94. The molecule has 38 heavy (non-hydrogen) atoms. The summed E-state index contributed by atoms with van der Waals surface area (Å²) in [5.41, 5.74) is 0. The second-order valence-electron chi connectivity index (χ2n) is 8.41. The third-order valence-electron chi connectivity index (χ3n) is 5.99. The van der Waals surface area contributed by atoms with Gasteiger partial charge in [0.25, 0.3) is 0 Å². The molecule has 0 aromatic heterocycles. The van der Waals surface area contributed by atoms with E-state index in [0.717, 1.165) is 0 Å². The Morgan fingerprint density at radius 3 is 1.26 bits per heavy atom. The van der Waals surface area contributed by atoms with Crippen molar-refractivity contribution in [3.63, 3.8) is 0 Å². The first-order valence-corrected chi connectivity index (χ1v) is 14.9. The van der Waals surface area contributed by atoms with Gasteiger partial charge in [-0.05, 0) is 48.5 Å². The average molecular weight is 569 g/mol. The number of ether oxygens (including phenoxy) is 2. The van der Waals surface area contributed by atoms with Gasteiger partial charge in [-0.1, -0.05) is 0 Å². The maximum absolute atomic E-state index is 12.5. The molecule has 0 radical (unpaired) electrons. The van der Waals surface area contributed by atoms with E-state index in [1.54, 1.807) is 9.80 Å². The Kier molecular flexibility index (Phi) is 10.1. The summed E-state index contributed by atoms with van der Waals surface area (Å²) >= 11 is 0. The minimum atomic E-state index is -3.76. The third kappa shape index (κ3) is 7.90. The summed E-state index contributed by atoms with van der Waals surface area (Å²) in [5.74, 6) is 0.627. The molecule has 208 valence electrons. The van der Waals surface area contributed by atoms with Gasteiger partial charge in [0.15, 0.2) is 0 Å². The lowest BCUT2D eigenvalue weighted by Crippen LogP contribution is -2.51. The van der Waals surface area contributed by atoms with Gasteiger partial charge >= 0.3 is 0 Å². The van der Waals surface area contributed by atoms with Crippen LogP contribution in [0.25, 0.3) is 0 Å². The largest absolute Gasteiger partial charge is 0.497 e. The van der Waals surface area contributed by atoms with Crippen LogP contribution in [0.5, 0.6) is 11.5 Å². The molecule has 1 saturated heterocycles. The molecular formula is C24H32N4O8S2. The fraction of sp³-hybridized carbons (Fsp3) is 0.417. The molecule has 0 spiro atoms. The van der Waals surface area contributed by atoms with Crippen LogP contribution in [0.2, 0.25) is 0 Å². The number of rotatable bonds is 12. The summed E-state index contributed by atoms with van der Waals surface area (Å²) in [6.45, 7) is 1.14. The molecular weight excluding hydrogens is 536 g/mol. The second kappa shape index (κ2) is 13.0. The van der Waals surface area contributed by atoms with Gasteiger partial charge in [0.1, 0.15) is 11.5 Å². The SMILES string of the molecule is COc1ccc(S(=O)(=O)NCCC(=O)N2CCN(C(=O)CCNS(=O)(=O)c3ccc(OC)cc3)CC2)cc1. The highest BCUT2D eigenvalue weighted by atomic mass is 32.2. The summed E-state index contributed by atoms with van der Waals surface area (Å²) in [5, 5.41) is 0. The van der Waals surface area contributed by atoms with Crippen molar-refractivity contribution in [2.24, 2.45) is 0 Å². The molecule has 2 N–H and O–H groups in total. The number of carbonyl (C=O) groups excluding carboxylic acids is 2. The van der Waals surface area contributed by atoms with E-state index in [4.69, 9.17) is 9.47 Å². The highest BCUT2D eigenvalue weighted by molar-refractivity contribution is 7.89. The Labute approximate surface area is 223 Å². The molecule has 2 aromatic carbocycles. The van der Waals surface area contributed by atoms with Crippen LogP contribution >= 0.6 is 0 Å². The monoisotopic (exact) mass is 568 g/mol. The number of nitrogens with one attached hydrogen (secondary N) is 2. The molecule has 1 aliphatic rings. The van der Waals surface area contributed by atoms with Gasteiger partial charge in [-0.2, -0.15) is 0 Å². The van der Waals surface area contributed by atoms with Crippen molar-refractivity contribution in [3.05, 3.63) is 48.5 Å². The molecule has 0 saturated carbocycles. The number of amides is 2. The van der Waals surface area contributed by atoms with Gasteiger partial charge < -0.3 is 19.3 Å². The summed E-state index contributed by atoms with van der Waals surface area (Å²) in [4.78, 5) is 28.4. The normalized spacial score (nSPS) is 14.3. The molecule has 1 heterocycles. The smallest absolute Gasteiger partial charge is 0.240 e. The molecule has 0 bridgehead atoms. The van der Waals surface area contributed by atoms with Crippen LogP contribution in [-0.4, -0.2) is 91.9 Å². The maximum Gasteiger partial charge on any atom is 0.240 e. The Balaban J connectivity index is 1.38. The molecule has 1 aliphatic heterocycles. The molecule has 0 atom stereocenters. The molecule has 3 rings (SSSR count). The number of nitrogens with zero attached hydrogens (tertiary/aromatic N) is 2. The van der Waals surface area contributed by atoms with Crippen molar-refractivity contribution in [3.8, 4) is 11.5 Å². The Morgan fingerprint density at radius 2 is 0.974 bits per heavy atom. The van der Waals surface area contributed by atoms with E-state index >= 15 is 0 Å². The van der Waals surface area contributed by atoms with Crippen LogP contribution in [0.1, 0.15) is 12.8 Å². The molecule has 0 aliphatic carbocycles. The number of methoxy groups -OCH3 is 2. The quantitative estimate of drug-likeness (QED) is 0.374. The standard InChI is InChI=1S/C24H32N4O8S2/c1-35-19-3-7-21(8-4-19)37(31,32)25-13-11-23(29)27-15-17-28(18-16-27)24(30)12-14-26-38(33,34)22-9-5-20(36-2)6-10-22/h3-10,25-26H,11-18H2,1-2H3. The number of carbonyl (C=O) groups is 2. The van der Waals surface area contributed by atoms with Crippen molar-refractivity contribution < 1.29 is 35.9 Å². The molecule has 1 fully saturated rings. The minimum absolute atomic E-state index is 0.0174. The predicted molar refractivity (Wildman–Crippen MR) is 139 cm³/mol. The Hall–Kier alpha value is -3.20. The van der Waals surface area contributed by atoms with Crippen molar-refractivity contribution >= 4 is 31.9 Å². The zero-order valence-corrected chi connectivity index (χ0v) is 22.9. The molecule has 0 unspecified atom stereocenters. The summed E-state index contributed by atoms with van der Waals surface area (Å²) in [6.07, 6.45) is -0.0348. The molecule has 12 nitrogen and oxygen atoms in total. The minimum Gasteiger partial charge on any atom is -0.497 e. The lowest BCUT2D eigenvalue weighted by Gasteiger charge is -2.35. The zero-order chi connectivity index (χ0) is 27.8. The first-order valence-electron chi connectivity index (χ1n) is 11.9. The van der Waals surface area contributed by atoms with Gasteiger partial charge in [-0.15, -0.1) is 0 Å². The van der Waals surface area contributed by atoms with Crippen LogP contribution in [0.15, 0.2) is 58.3 Å². The average Bonchev–Trinajstić information content (AvgIpc) is 2.92. The molecule has 14 heteroatoms. The molecule has 2 aromatic rings. The second-order valence-corrected chi connectivity index (χ2v) is 11.9. The van der Waals surface area contributed by atoms with Crippen LogP contribution < -0.4 is 18.9 Å². The van der Waals surface area contributed by atoms with E-state index in [-0.39, 0.29) is 47.5 Å². The van der Waals surface area contributed by atoms with Gasteiger partial charge in [0.2, 0.25) is 31.9 Å². The lowest BCUT2D eigenvalue weighted by molar-refractivity contribution is -0.139. The van der Waals surface area contributed by atoms with Gasteiger partial charge in [0, 0.05) is 52.1 Å². The van der Waals surface area contributed by atoms with Gasteiger partial charge in [0.05, 0.1) is 24.0 Å². The predicted octanol–water partition coefficient (Wildman–Crippen LogP) is 0.412. The van der Waals surface area contributed by atoms with Gasteiger partial charge in [-0.25, -0.2) is 26.3 Å². The van der Waals surface area contributed by atoms with E-state index < -0.39 is 20.0 Å². The molecule has 2 amide bonds. The van der Waals surface area contributed by atoms with E-state index in [0.29, 0.717) is 37.7 Å². The summed E-state index contributed by atoms with van der Waals surface area (Å²) in [6, 6.07) is 11.8. The Bertz CT molecular complexity index is 1200.